The molecule has 0 spiro atoms. The summed E-state index contributed by atoms with van der Waals surface area (Å²) in [5.41, 5.74) is 1.68. The van der Waals surface area contributed by atoms with E-state index < -0.39 is 47.2 Å². The minimum Gasteiger partial charge on any atom is -0.497 e. The molecular weight excluding hydrogens is 1040 g/mol. The Labute approximate surface area is 462 Å². The molecule has 4 aromatic rings. The minimum atomic E-state index is -1.57. The lowest BCUT2D eigenvalue weighted by Crippen LogP contribution is -2.49. The van der Waals surface area contributed by atoms with Gasteiger partial charge in [-0.3, -0.25) is 38.5 Å². The van der Waals surface area contributed by atoms with Crippen molar-refractivity contribution < 1.29 is 66.5 Å². The fourth-order valence-corrected chi connectivity index (χ4v) is 10.3. The van der Waals surface area contributed by atoms with Crippen LogP contribution in [0.25, 0.3) is 16.7 Å². The molecule has 4 heterocycles. The number of esters is 1. The van der Waals surface area contributed by atoms with E-state index in [-0.39, 0.29) is 111 Å². The fourth-order valence-electron chi connectivity index (χ4n) is 10.0. The van der Waals surface area contributed by atoms with E-state index in [9.17, 15) is 43.2 Å². The van der Waals surface area contributed by atoms with Gasteiger partial charge in [0, 0.05) is 114 Å². The second-order valence-electron chi connectivity index (χ2n) is 20.3. The van der Waals surface area contributed by atoms with E-state index in [0.29, 0.717) is 63.5 Å². The Morgan fingerprint density at radius 3 is 2.14 bits per heavy atom. The number of carbonyl (C=O) groups excluding carboxylic acids is 9. The number of aromatic nitrogens is 1. The molecule has 1 fully saturated rings. The monoisotopic (exact) mass is 1110 g/mol. The average Bonchev–Trinajstić information content (AvgIpc) is 4.35. The van der Waals surface area contributed by atoms with Crippen LogP contribution in [0.15, 0.2) is 76.3 Å². The number of aromatic amines is 1. The van der Waals surface area contributed by atoms with Gasteiger partial charge in [0.15, 0.2) is 11.5 Å². The molecule has 420 valence electrons. The zero-order chi connectivity index (χ0) is 57.5. The van der Waals surface area contributed by atoms with Crippen molar-refractivity contribution in [2.24, 2.45) is 16.4 Å². The van der Waals surface area contributed by atoms with Gasteiger partial charge >= 0.3 is 12.1 Å². The first-order valence-electron chi connectivity index (χ1n) is 25.9. The lowest BCUT2D eigenvalue weighted by molar-refractivity contribution is -0.152. The molecule has 1 saturated heterocycles. The van der Waals surface area contributed by atoms with Crippen LogP contribution in [0.5, 0.6) is 11.5 Å². The summed E-state index contributed by atoms with van der Waals surface area (Å²) in [7, 11) is 7.28. The average molecular weight is 1110 g/mol. The fraction of sp³-hybridized carbons (Fsp3) is 0.439. The van der Waals surface area contributed by atoms with Gasteiger partial charge < -0.3 is 43.0 Å². The number of halogens is 1. The summed E-state index contributed by atoms with van der Waals surface area (Å²) in [6.07, 6.45) is 4.69. The summed E-state index contributed by atoms with van der Waals surface area (Å²) in [6, 6.07) is 13.1. The SMILES string of the molecule is COC(=O)c1c(C)[nH]c2c1C1C(CCl)CN(C(=O)c3cc4cc(OC)ccc4o3)C1C=C2OC(=O)N(C)CCN(C)C(=O)C(C)(C)C(=O)N(C)/N=C(\C)c1ccc(OCCCC(=O)CCC(=O)CCCN2C(=O)C=CC2=O)cc1. The van der Waals surface area contributed by atoms with Crippen molar-refractivity contribution in [3.63, 3.8) is 0 Å². The first-order chi connectivity index (χ1) is 37.6. The molecule has 79 heavy (non-hydrogen) atoms. The highest BCUT2D eigenvalue weighted by Gasteiger charge is 2.50. The Hall–Kier alpha value is -8.07. The predicted molar refractivity (Wildman–Crippen MR) is 290 cm³/mol. The predicted octanol–water partition coefficient (Wildman–Crippen LogP) is 6.90. The molecule has 7 rings (SSSR count). The quantitative estimate of drug-likeness (QED) is 0.0143. The molecule has 0 bridgehead atoms. The molecule has 22 heteroatoms. The highest BCUT2D eigenvalue weighted by Crippen LogP contribution is 2.49. The third kappa shape index (κ3) is 13.1. The molecular formula is C57H66ClN7O14. The summed E-state index contributed by atoms with van der Waals surface area (Å²) >= 11 is 6.59. The molecule has 21 nitrogen and oxygen atoms in total. The number of Topliss-reactive ketones (excluding diaryl/α,β-unsaturated/α-hetero) is 2. The maximum Gasteiger partial charge on any atom is 0.415 e. The third-order valence-electron chi connectivity index (χ3n) is 14.4. The zero-order valence-electron chi connectivity index (χ0n) is 45.8. The lowest BCUT2D eigenvalue weighted by Gasteiger charge is -2.32. The molecule has 2 aromatic heterocycles. The summed E-state index contributed by atoms with van der Waals surface area (Å²) in [5.74, 6) is -2.46. The normalized spacial score (nSPS) is 16.8. The number of likely N-dealkylation sites (N-methyl/N-ethyl adjacent to an activating group) is 2. The second-order valence-corrected chi connectivity index (χ2v) is 20.6. The maximum absolute atomic E-state index is 14.3. The van der Waals surface area contributed by atoms with Crippen LogP contribution in [-0.2, 0) is 38.2 Å². The number of rotatable bonds is 24. The maximum atomic E-state index is 14.3. The molecule has 1 N–H and O–H groups in total. The largest absolute Gasteiger partial charge is 0.497 e. The number of hydrogen-bond acceptors (Lipinski definition) is 15. The number of hydrazone groups is 1. The minimum absolute atomic E-state index is 0.00628. The Morgan fingerprint density at radius 1 is 0.848 bits per heavy atom. The van der Waals surface area contributed by atoms with E-state index in [1.807, 2.05) is 0 Å². The van der Waals surface area contributed by atoms with Crippen LogP contribution in [0, 0.1) is 18.3 Å². The first kappa shape index (κ1) is 58.6. The molecule has 0 saturated carbocycles. The molecule has 3 aliphatic rings. The topological polar surface area (TPSA) is 248 Å². The number of carbonyl (C=O) groups is 9. The van der Waals surface area contributed by atoms with E-state index >= 15 is 0 Å². The molecule has 3 unspecified atom stereocenters. The number of ketones is 2. The molecule has 1 aliphatic carbocycles. The van der Waals surface area contributed by atoms with Crippen LogP contribution in [0.2, 0.25) is 0 Å². The first-order valence-corrected chi connectivity index (χ1v) is 26.4. The number of methoxy groups -OCH3 is 2. The molecule has 2 aliphatic heterocycles. The highest BCUT2D eigenvalue weighted by atomic mass is 35.5. The number of furan rings is 1. The van der Waals surface area contributed by atoms with Crippen molar-refractivity contribution in [2.45, 2.75) is 78.2 Å². The number of alkyl halides is 1. The number of aryl methyl sites for hydroxylation is 1. The van der Waals surface area contributed by atoms with E-state index in [1.54, 1.807) is 80.5 Å². The number of hydrogen-bond donors (Lipinski definition) is 1. The number of amides is 6. The highest BCUT2D eigenvalue weighted by molar-refractivity contribution is 6.18. The number of likely N-dealkylation sites (tertiary alicyclic amines) is 1. The summed E-state index contributed by atoms with van der Waals surface area (Å²) in [6.45, 7) is 7.05. The van der Waals surface area contributed by atoms with Crippen LogP contribution in [0.3, 0.4) is 0 Å². The van der Waals surface area contributed by atoms with Gasteiger partial charge in [-0.2, -0.15) is 5.10 Å². The summed E-state index contributed by atoms with van der Waals surface area (Å²) in [5, 5.41) is 6.25. The summed E-state index contributed by atoms with van der Waals surface area (Å²) < 4.78 is 28.4. The van der Waals surface area contributed by atoms with Gasteiger partial charge in [0.05, 0.1) is 43.8 Å². The van der Waals surface area contributed by atoms with E-state index in [0.717, 1.165) is 9.91 Å². The smallest absolute Gasteiger partial charge is 0.415 e. The van der Waals surface area contributed by atoms with Gasteiger partial charge in [-0.25, -0.2) is 14.6 Å². The molecule has 0 radical (unpaired) electrons. The Bertz CT molecular complexity index is 3120. The van der Waals surface area contributed by atoms with Crippen molar-refractivity contribution in [1.29, 1.82) is 0 Å². The van der Waals surface area contributed by atoms with Crippen molar-refractivity contribution >= 4 is 87.2 Å². The number of H-pyrrole nitrogens is 1. The molecule has 6 amide bonds. The number of nitrogens with one attached hydrogen (secondary N) is 1. The number of imide groups is 1. The van der Waals surface area contributed by atoms with Gasteiger partial charge in [-0.05, 0) is 107 Å². The van der Waals surface area contributed by atoms with E-state index in [4.69, 9.17) is 35.0 Å². The van der Waals surface area contributed by atoms with Crippen LogP contribution in [0.1, 0.15) is 109 Å². The van der Waals surface area contributed by atoms with Crippen LogP contribution in [-0.4, -0.2) is 169 Å². The van der Waals surface area contributed by atoms with E-state index in [1.165, 1.54) is 64.1 Å². The van der Waals surface area contributed by atoms with Crippen molar-refractivity contribution in [2.75, 3.05) is 74.0 Å². The number of fused-ring (bicyclic) bond motifs is 4. The lowest BCUT2D eigenvalue weighted by atomic mass is 9.79. The molecule has 2 aromatic carbocycles. The van der Waals surface area contributed by atoms with Gasteiger partial charge in [0.1, 0.15) is 34.1 Å². The summed E-state index contributed by atoms with van der Waals surface area (Å²) in [4.78, 5) is 126. The molecule has 3 atom stereocenters. The van der Waals surface area contributed by atoms with Crippen molar-refractivity contribution in [1.82, 2.24) is 29.6 Å². The Kier molecular flexibility index (Phi) is 18.7. The Morgan fingerprint density at radius 2 is 1.49 bits per heavy atom. The van der Waals surface area contributed by atoms with Gasteiger partial charge in [0.2, 0.25) is 5.91 Å². The van der Waals surface area contributed by atoms with Crippen LogP contribution >= 0.6 is 11.6 Å². The number of benzene rings is 2. The van der Waals surface area contributed by atoms with Crippen LogP contribution < -0.4 is 9.47 Å². The zero-order valence-corrected chi connectivity index (χ0v) is 46.6. The van der Waals surface area contributed by atoms with Gasteiger partial charge in [-0.15, -0.1) is 11.6 Å². The standard InChI is InChI=1S/C57H66ClN7O14/c1-33(35-14-18-40(19-15-35)77-27-11-13-39(67)17-16-38(66)12-10-24-64-46(68)22-23-47(64)69)60-63(7)55(73)57(3,4)54(72)61(5)25-26-62(6)56(74)79-44-30-42-49(50-48(53(71)76-9)34(2)59-51(44)50)37(31-58)32-65(42)52(70)45-29-36-28-41(75-8)20-21-43(36)78-45/h14-15,18-23,28-30,37,42,49,59H,10-13,16-17,24-27,31-32H2,1-9H3/b60-33+. The number of nitrogens with zero attached hydrogens (tertiary/aromatic N) is 6. The van der Waals surface area contributed by atoms with Crippen molar-refractivity contribution in [3.8, 4) is 11.5 Å². The van der Waals surface area contributed by atoms with Crippen LogP contribution in [0.4, 0.5) is 4.79 Å². The Balaban J connectivity index is 0.904. The van der Waals surface area contributed by atoms with Gasteiger partial charge in [0.25, 0.3) is 23.6 Å². The van der Waals surface area contributed by atoms with E-state index in [2.05, 4.69) is 10.1 Å². The van der Waals surface area contributed by atoms with Crippen molar-refractivity contribution in [3.05, 3.63) is 101 Å². The second kappa shape index (κ2) is 25.2. The van der Waals surface area contributed by atoms with Gasteiger partial charge in [-0.1, -0.05) is 0 Å². The number of ether oxygens (including phenoxy) is 4. The third-order valence-corrected chi connectivity index (χ3v) is 14.8.